The van der Waals surface area contributed by atoms with Crippen LogP contribution in [0.4, 0.5) is 0 Å². The summed E-state index contributed by atoms with van der Waals surface area (Å²) in [5.41, 5.74) is 0. The molecule has 1 aliphatic heterocycles. The van der Waals surface area contributed by atoms with Crippen LogP contribution in [0.1, 0.15) is 26.7 Å². The molecule has 15 heavy (non-hydrogen) atoms. The zero-order chi connectivity index (χ0) is 11.1. The van der Waals surface area contributed by atoms with Crippen LogP contribution in [0.5, 0.6) is 0 Å². The minimum Gasteiger partial charge on any atom is -0.378 e. The van der Waals surface area contributed by atoms with Crippen LogP contribution in [-0.4, -0.2) is 38.3 Å². The average Bonchev–Trinajstić information content (AvgIpc) is 2.66. The second-order valence-corrected chi connectivity index (χ2v) is 4.33. The van der Waals surface area contributed by atoms with Crippen molar-refractivity contribution in [3.8, 4) is 0 Å². The van der Waals surface area contributed by atoms with Crippen molar-refractivity contribution in [2.45, 2.75) is 32.8 Å². The van der Waals surface area contributed by atoms with Crippen molar-refractivity contribution in [1.29, 1.82) is 0 Å². The van der Waals surface area contributed by atoms with Crippen LogP contribution in [0.25, 0.3) is 0 Å². The maximum absolute atomic E-state index is 11.4. The van der Waals surface area contributed by atoms with Gasteiger partial charge in [0.1, 0.15) is 0 Å². The first-order valence-electron chi connectivity index (χ1n) is 5.77. The fourth-order valence-electron chi connectivity index (χ4n) is 1.62. The lowest BCUT2D eigenvalue weighted by atomic mass is 10.1. The van der Waals surface area contributed by atoms with Crippen LogP contribution in [-0.2, 0) is 9.53 Å². The summed E-state index contributed by atoms with van der Waals surface area (Å²) in [7, 11) is 0. The van der Waals surface area contributed by atoms with E-state index in [0.717, 1.165) is 19.6 Å². The summed E-state index contributed by atoms with van der Waals surface area (Å²) in [5, 5.41) is 6.22. The minimum absolute atomic E-state index is 0.0996. The van der Waals surface area contributed by atoms with Crippen molar-refractivity contribution in [2.75, 3.05) is 26.2 Å². The molecule has 0 radical (unpaired) electrons. The van der Waals surface area contributed by atoms with Crippen LogP contribution >= 0.6 is 0 Å². The molecule has 88 valence electrons. The van der Waals surface area contributed by atoms with E-state index in [0.29, 0.717) is 18.9 Å². The van der Waals surface area contributed by atoms with E-state index in [4.69, 9.17) is 4.74 Å². The Bertz CT molecular complexity index is 189. The Labute approximate surface area is 91.8 Å². The molecule has 1 atom stereocenters. The first-order chi connectivity index (χ1) is 7.18. The van der Waals surface area contributed by atoms with Gasteiger partial charge in [-0.2, -0.15) is 0 Å². The first kappa shape index (κ1) is 12.5. The molecule has 0 aromatic heterocycles. The van der Waals surface area contributed by atoms with E-state index in [1.165, 1.54) is 6.42 Å². The molecule has 0 spiro atoms. The molecule has 1 heterocycles. The van der Waals surface area contributed by atoms with Crippen molar-refractivity contribution in [3.05, 3.63) is 0 Å². The highest BCUT2D eigenvalue weighted by Crippen LogP contribution is 2.05. The third-order valence-corrected chi connectivity index (χ3v) is 2.53. The van der Waals surface area contributed by atoms with E-state index in [9.17, 15) is 4.79 Å². The van der Waals surface area contributed by atoms with Crippen LogP contribution in [0.2, 0.25) is 0 Å². The second kappa shape index (κ2) is 6.80. The van der Waals surface area contributed by atoms with Gasteiger partial charge in [0.2, 0.25) is 5.91 Å². The third-order valence-electron chi connectivity index (χ3n) is 2.53. The molecule has 1 rings (SSSR count). The molecule has 4 heteroatoms. The predicted octanol–water partition coefficient (Wildman–Crippen LogP) is 0.527. The van der Waals surface area contributed by atoms with Crippen LogP contribution in [0.3, 0.4) is 0 Å². The number of hydrogen-bond donors (Lipinski definition) is 2. The molecule has 1 fully saturated rings. The molecule has 2 N–H and O–H groups in total. The maximum Gasteiger partial charge on any atom is 0.222 e. The third kappa shape index (κ3) is 5.74. The Morgan fingerprint density at radius 3 is 3.00 bits per heavy atom. The molecule has 1 saturated heterocycles. The SMILES string of the molecule is CC(C)OCCC(=O)NCC1CCNC1. The topological polar surface area (TPSA) is 50.4 Å². The molecule has 0 aliphatic carbocycles. The summed E-state index contributed by atoms with van der Waals surface area (Å²) in [4.78, 5) is 11.4. The van der Waals surface area contributed by atoms with Gasteiger partial charge in [-0.1, -0.05) is 0 Å². The van der Waals surface area contributed by atoms with E-state index in [1.807, 2.05) is 13.8 Å². The van der Waals surface area contributed by atoms with Crippen molar-refractivity contribution in [3.63, 3.8) is 0 Å². The summed E-state index contributed by atoms with van der Waals surface area (Å²) in [6.45, 7) is 7.38. The largest absolute Gasteiger partial charge is 0.378 e. The monoisotopic (exact) mass is 214 g/mol. The summed E-state index contributed by atoms with van der Waals surface area (Å²) in [6.07, 6.45) is 1.85. The van der Waals surface area contributed by atoms with Crippen LogP contribution in [0, 0.1) is 5.92 Å². The van der Waals surface area contributed by atoms with Crippen molar-refractivity contribution >= 4 is 5.91 Å². The Hall–Kier alpha value is -0.610. The van der Waals surface area contributed by atoms with Gasteiger partial charge in [-0.3, -0.25) is 4.79 Å². The summed E-state index contributed by atoms with van der Waals surface area (Å²) in [5.74, 6) is 0.711. The van der Waals surface area contributed by atoms with Crippen molar-refractivity contribution < 1.29 is 9.53 Å². The lowest BCUT2D eigenvalue weighted by molar-refractivity contribution is -0.122. The van der Waals surface area contributed by atoms with Crippen LogP contribution in [0.15, 0.2) is 0 Å². The van der Waals surface area contributed by atoms with Gasteiger partial charge in [0.05, 0.1) is 12.7 Å². The normalized spacial score (nSPS) is 20.9. The summed E-state index contributed by atoms with van der Waals surface area (Å²) >= 11 is 0. The quantitative estimate of drug-likeness (QED) is 0.678. The lowest BCUT2D eigenvalue weighted by Crippen LogP contribution is -2.31. The lowest BCUT2D eigenvalue weighted by Gasteiger charge is -2.11. The maximum atomic E-state index is 11.4. The smallest absolute Gasteiger partial charge is 0.222 e. The van der Waals surface area contributed by atoms with Gasteiger partial charge >= 0.3 is 0 Å². The number of amides is 1. The molecule has 1 unspecified atom stereocenters. The first-order valence-corrected chi connectivity index (χ1v) is 5.77. The second-order valence-electron chi connectivity index (χ2n) is 4.33. The van der Waals surface area contributed by atoms with Gasteiger partial charge in [0.15, 0.2) is 0 Å². The van der Waals surface area contributed by atoms with E-state index >= 15 is 0 Å². The molecule has 0 aromatic carbocycles. The molecular formula is C11H22N2O2. The molecule has 4 nitrogen and oxygen atoms in total. The van der Waals surface area contributed by atoms with Crippen molar-refractivity contribution in [2.24, 2.45) is 5.92 Å². The van der Waals surface area contributed by atoms with Gasteiger partial charge in [-0.05, 0) is 39.3 Å². The standard InChI is InChI=1S/C11H22N2O2/c1-9(2)15-6-4-11(14)13-8-10-3-5-12-7-10/h9-10,12H,3-8H2,1-2H3,(H,13,14). The Morgan fingerprint density at radius 2 is 2.40 bits per heavy atom. The zero-order valence-corrected chi connectivity index (χ0v) is 9.71. The molecule has 0 bridgehead atoms. The van der Waals surface area contributed by atoms with Gasteiger partial charge in [-0.25, -0.2) is 0 Å². The number of ether oxygens (including phenoxy) is 1. The number of carbonyl (C=O) groups is 1. The molecule has 0 aromatic rings. The molecule has 1 aliphatic rings. The Morgan fingerprint density at radius 1 is 1.60 bits per heavy atom. The van der Waals surface area contributed by atoms with Crippen molar-refractivity contribution in [1.82, 2.24) is 10.6 Å². The van der Waals surface area contributed by atoms with E-state index in [1.54, 1.807) is 0 Å². The number of rotatable bonds is 6. The fourth-order valence-corrected chi connectivity index (χ4v) is 1.62. The fraction of sp³-hybridized carbons (Fsp3) is 0.909. The van der Waals surface area contributed by atoms with Gasteiger partial charge < -0.3 is 15.4 Å². The highest BCUT2D eigenvalue weighted by molar-refractivity contribution is 5.75. The summed E-state index contributed by atoms with van der Waals surface area (Å²) < 4.78 is 5.31. The number of hydrogen-bond acceptors (Lipinski definition) is 3. The highest BCUT2D eigenvalue weighted by atomic mass is 16.5. The predicted molar refractivity (Wildman–Crippen MR) is 59.7 cm³/mol. The van der Waals surface area contributed by atoms with Gasteiger partial charge in [0, 0.05) is 13.0 Å². The number of carbonyl (C=O) groups excluding carboxylic acids is 1. The van der Waals surface area contributed by atoms with Crippen LogP contribution < -0.4 is 10.6 Å². The Balaban J connectivity index is 1.98. The Kier molecular flexibility index (Phi) is 5.65. The van der Waals surface area contributed by atoms with E-state index in [2.05, 4.69) is 10.6 Å². The average molecular weight is 214 g/mol. The van der Waals surface area contributed by atoms with E-state index in [-0.39, 0.29) is 12.0 Å². The zero-order valence-electron chi connectivity index (χ0n) is 9.71. The number of nitrogens with one attached hydrogen (secondary N) is 2. The molecule has 0 saturated carbocycles. The summed E-state index contributed by atoms with van der Waals surface area (Å²) in [6, 6.07) is 0. The van der Waals surface area contributed by atoms with Gasteiger partial charge in [-0.15, -0.1) is 0 Å². The van der Waals surface area contributed by atoms with E-state index < -0.39 is 0 Å². The van der Waals surface area contributed by atoms with Gasteiger partial charge in [0.25, 0.3) is 0 Å². The molecule has 1 amide bonds. The minimum atomic E-state index is 0.0996. The highest BCUT2D eigenvalue weighted by Gasteiger charge is 2.14. The molecular weight excluding hydrogens is 192 g/mol.